The Morgan fingerprint density at radius 2 is 0.797 bits per heavy atom. The molecule has 0 spiro atoms. The Kier molecular flexibility index (Phi) is 12.9. The van der Waals surface area contributed by atoms with Gasteiger partial charge in [0.15, 0.2) is 0 Å². The van der Waals surface area contributed by atoms with Crippen LogP contribution in [0.2, 0.25) is 0 Å². The molecule has 0 saturated heterocycles. The normalized spacial score (nSPS) is 12.2. The summed E-state index contributed by atoms with van der Waals surface area (Å²) in [7, 11) is 0. The van der Waals surface area contributed by atoms with Crippen molar-refractivity contribution < 1.29 is 0 Å². The lowest BCUT2D eigenvalue weighted by Gasteiger charge is -2.45. The molecular weight excluding hydrogens is 896 g/mol. The molecule has 2 aliphatic heterocycles. The van der Waals surface area contributed by atoms with Gasteiger partial charge in [0, 0.05) is 68.1 Å². The zero-order valence-electron chi connectivity index (χ0n) is 42.7. The number of nitrogens with zero attached hydrogens (tertiary/aromatic N) is 4. The Labute approximate surface area is 438 Å². The fourth-order valence-corrected chi connectivity index (χ4v) is 11.5. The number of hydrogen-bond acceptors (Lipinski definition) is 4. The van der Waals surface area contributed by atoms with Crippen molar-refractivity contribution in [1.29, 1.82) is 0 Å². The maximum atomic E-state index is 2.61. The number of fused-ring (bicyclic) bond motifs is 4. The van der Waals surface area contributed by atoms with Crippen LogP contribution in [0.4, 0.5) is 68.2 Å². The quantitative estimate of drug-likeness (QED) is 0.0949. The molecule has 12 rings (SSSR count). The monoisotopic (exact) mass is 956 g/mol. The van der Waals surface area contributed by atoms with E-state index in [4.69, 9.17) is 0 Å². The molecule has 0 amide bonds. The van der Waals surface area contributed by atoms with Crippen LogP contribution in [0, 0.1) is 6.92 Å². The second kappa shape index (κ2) is 20.5. The Morgan fingerprint density at radius 3 is 1.28 bits per heavy atom. The lowest BCUT2D eigenvalue weighted by atomic mass is 9.33. The van der Waals surface area contributed by atoms with Crippen LogP contribution in [-0.4, -0.2) is 6.71 Å². The molecule has 0 bridgehead atoms. The van der Waals surface area contributed by atoms with Crippen molar-refractivity contribution in [1.82, 2.24) is 0 Å². The molecule has 5 heteroatoms. The Hall–Kier alpha value is -8.54. The molecule has 10 aromatic rings. The van der Waals surface area contributed by atoms with Crippen molar-refractivity contribution in [2.75, 3.05) is 19.6 Å². The summed E-state index contributed by atoms with van der Waals surface area (Å²) < 4.78 is 0. The Bertz CT molecular complexity index is 3470. The summed E-state index contributed by atoms with van der Waals surface area (Å²) in [6.07, 6.45) is 6.76. The van der Waals surface area contributed by atoms with Gasteiger partial charge in [0.1, 0.15) is 0 Å². The summed E-state index contributed by atoms with van der Waals surface area (Å²) in [6, 6.07) is 90.2. The molecule has 360 valence electrons. The predicted molar refractivity (Wildman–Crippen MR) is 317 cm³/mol. The molecule has 0 aliphatic carbocycles. The number of benzene rings is 10. The fraction of sp³-hybridized carbons (Fsp3) is 0.130. The molecule has 0 radical (unpaired) electrons. The minimum Gasteiger partial charge on any atom is -0.311 e. The first-order valence-corrected chi connectivity index (χ1v) is 26.7. The van der Waals surface area contributed by atoms with Crippen LogP contribution in [0.5, 0.6) is 0 Å². The molecule has 0 N–H and O–H groups in total. The van der Waals surface area contributed by atoms with Gasteiger partial charge in [-0.15, -0.1) is 0 Å². The highest BCUT2D eigenvalue weighted by Gasteiger charge is 2.44. The Morgan fingerprint density at radius 1 is 0.365 bits per heavy atom. The van der Waals surface area contributed by atoms with E-state index < -0.39 is 0 Å². The smallest absolute Gasteiger partial charge is 0.252 e. The van der Waals surface area contributed by atoms with Gasteiger partial charge in [0.05, 0.1) is 5.69 Å². The standard InChI is InChI=1S/C69H61BN4/c1-4-6-23-51-35-38-58(39-36-51)73-65-48-59(71(54-27-15-9-16-28-54)55-29-17-10-18-30-55)40-42-62(65)70-63-43-41-60(72(56-31-19-11-20-32-56)57-33-21-12-22-34-57)49-66(63)74(68-46-50(3)45-67(73)69(68)70)64-44-37-52(24-7-5-2)47-61(64)53-25-13-8-14-26-53/h8-22,25-49H,4-7,23-24H2,1-3H3. The predicted octanol–water partition coefficient (Wildman–Crippen LogP) is 17.4. The SMILES string of the molecule is CCCCc1ccc(N2c3cc(N(c4ccccc4)c4ccccc4)ccc3B3c4ccc(N(c5ccccc5)c5ccccc5)cc4N(c4ccc(CCCC)cc4-c4ccccc4)c4cc(C)cc2c43)cc1. The van der Waals surface area contributed by atoms with Crippen LogP contribution >= 0.6 is 0 Å². The zero-order valence-corrected chi connectivity index (χ0v) is 42.7. The van der Waals surface area contributed by atoms with Crippen LogP contribution in [0.15, 0.2) is 243 Å². The molecule has 74 heavy (non-hydrogen) atoms. The van der Waals surface area contributed by atoms with Gasteiger partial charge in [-0.05, 0) is 180 Å². The summed E-state index contributed by atoms with van der Waals surface area (Å²) in [5, 5.41) is 0. The van der Waals surface area contributed by atoms with E-state index in [0.29, 0.717) is 0 Å². The Balaban J connectivity index is 1.14. The van der Waals surface area contributed by atoms with Crippen molar-refractivity contribution in [2.45, 2.75) is 59.3 Å². The van der Waals surface area contributed by atoms with Gasteiger partial charge in [-0.1, -0.05) is 160 Å². The van der Waals surface area contributed by atoms with Crippen molar-refractivity contribution >= 4 is 91.3 Å². The third-order valence-electron chi connectivity index (χ3n) is 15.0. The number of rotatable bonds is 15. The van der Waals surface area contributed by atoms with E-state index in [-0.39, 0.29) is 6.71 Å². The number of unbranched alkanes of at least 4 members (excludes halogenated alkanes) is 2. The van der Waals surface area contributed by atoms with E-state index in [0.717, 1.165) is 65.5 Å². The fourth-order valence-electron chi connectivity index (χ4n) is 11.5. The van der Waals surface area contributed by atoms with Gasteiger partial charge >= 0.3 is 0 Å². The summed E-state index contributed by atoms with van der Waals surface area (Å²) in [5.74, 6) is 0. The molecular formula is C69H61BN4. The molecule has 0 saturated carbocycles. The minimum absolute atomic E-state index is 0.0715. The molecule has 10 aromatic carbocycles. The molecule has 4 nitrogen and oxygen atoms in total. The molecule has 0 fully saturated rings. The van der Waals surface area contributed by atoms with Crippen LogP contribution < -0.4 is 36.0 Å². The highest BCUT2D eigenvalue weighted by molar-refractivity contribution is 7.00. The molecule has 2 heterocycles. The first kappa shape index (κ1) is 46.5. The molecule has 0 aromatic heterocycles. The highest BCUT2D eigenvalue weighted by atomic mass is 15.2. The van der Waals surface area contributed by atoms with Gasteiger partial charge in [0.25, 0.3) is 6.71 Å². The third kappa shape index (κ3) is 8.73. The molecule has 0 unspecified atom stereocenters. The van der Waals surface area contributed by atoms with E-state index in [1.54, 1.807) is 0 Å². The first-order chi connectivity index (χ1) is 36.6. The van der Waals surface area contributed by atoms with E-state index in [1.807, 2.05) is 0 Å². The van der Waals surface area contributed by atoms with Gasteiger partial charge in [0.2, 0.25) is 0 Å². The van der Waals surface area contributed by atoms with Crippen LogP contribution in [-0.2, 0) is 12.8 Å². The largest absolute Gasteiger partial charge is 0.311 e. The van der Waals surface area contributed by atoms with Gasteiger partial charge < -0.3 is 19.6 Å². The molecule has 2 aliphatic rings. The minimum atomic E-state index is -0.0715. The van der Waals surface area contributed by atoms with Crippen molar-refractivity contribution in [3.63, 3.8) is 0 Å². The molecule has 0 atom stereocenters. The number of para-hydroxylation sites is 4. The first-order valence-electron chi connectivity index (χ1n) is 26.7. The second-order valence-corrected chi connectivity index (χ2v) is 19.9. The maximum absolute atomic E-state index is 2.61. The lowest BCUT2D eigenvalue weighted by molar-refractivity contribution is 0.795. The zero-order chi connectivity index (χ0) is 50.0. The van der Waals surface area contributed by atoms with Crippen molar-refractivity contribution in [3.05, 3.63) is 259 Å². The summed E-state index contributed by atoms with van der Waals surface area (Å²) in [6.45, 7) is 6.76. The topological polar surface area (TPSA) is 13.0 Å². The average molecular weight is 957 g/mol. The number of hydrogen-bond donors (Lipinski definition) is 0. The van der Waals surface area contributed by atoms with Crippen LogP contribution in [0.25, 0.3) is 11.1 Å². The maximum Gasteiger partial charge on any atom is 0.252 e. The summed E-state index contributed by atoms with van der Waals surface area (Å²) in [4.78, 5) is 9.97. The van der Waals surface area contributed by atoms with Gasteiger partial charge in [-0.2, -0.15) is 0 Å². The van der Waals surface area contributed by atoms with Crippen molar-refractivity contribution in [2.24, 2.45) is 0 Å². The van der Waals surface area contributed by atoms with E-state index in [9.17, 15) is 0 Å². The van der Waals surface area contributed by atoms with E-state index >= 15 is 0 Å². The second-order valence-electron chi connectivity index (χ2n) is 19.9. The lowest BCUT2D eigenvalue weighted by Crippen LogP contribution is -2.61. The number of aryl methyl sites for hydroxylation is 3. The van der Waals surface area contributed by atoms with E-state index in [2.05, 4.69) is 283 Å². The highest BCUT2D eigenvalue weighted by Crippen LogP contribution is 2.49. The number of anilines is 12. The van der Waals surface area contributed by atoms with Crippen LogP contribution in [0.3, 0.4) is 0 Å². The summed E-state index contributed by atoms with van der Waals surface area (Å²) in [5.41, 5.74) is 24.0. The van der Waals surface area contributed by atoms with E-state index in [1.165, 1.54) is 85.5 Å². The van der Waals surface area contributed by atoms with Crippen molar-refractivity contribution in [3.8, 4) is 11.1 Å². The summed E-state index contributed by atoms with van der Waals surface area (Å²) >= 11 is 0. The third-order valence-corrected chi connectivity index (χ3v) is 15.0. The van der Waals surface area contributed by atoms with Gasteiger partial charge in [-0.3, -0.25) is 0 Å². The van der Waals surface area contributed by atoms with Gasteiger partial charge in [-0.25, -0.2) is 0 Å². The van der Waals surface area contributed by atoms with Crippen LogP contribution in [0.1, 0.15) is 56.2 Å². The average Bonchev–Trinajstić information content (AvgIpc) is 3.47.